The highest BCUT2D eigenvalue weighted by Gasteiger charge is 2.28. The van der Waals surface area contributed by atoms with Gasteiger partial charge in [0.05, 0.1) is 0 Å². The monoisotopic (exact) mass is 470 g/mol. The van der Waals surface area contributed by atoms with Gasteiger partial charge in [0.1, 0.15) is 11.5 Å². The number of phenolic OH excluding ortho intramolecular Hbond substituents is 2. The Morgan fingerprint density at radius 2 is 1.21 bits per heavy atom. The largest absolute Gasteiger partial charge is 0.508 e. The predicted octanol–water partition coefficient (Wildman–Crippen LogP) is 8.75. The third-order valence-electron chi connectivity index (χ3n) is 6.60. The molecule has 2 aromatic carbocycles. The van der Waals surface area contributed by atoms with Crippen molar-refractivity contribution in [3.63, 3.8) is 0 Å². The number of thioether (sulfide) groups is 1. The molecule has 1 unspecified atom stereocenters. The van der Waals surface area contributed by atoms with Crippen molar-refractivity contribution in [3.05, 3.63) is 57.6 Å². The molecule has 0 amide bonds. The molecule has 184 valence electrons. The zero-order valence-electron chi connectivity index (χ0n) is 22.6. The first-order chi connectivity index (χ1) is 15.2. The minimum absolute atomic E-state index is 0.140. The number of rotatable bonds is 8. The Kier molecular flexibility index (Phi) is 9.01. The molecule has 0 fully saturated rings. The highest BCUT2D eigenvalue weighted by atomic mass is 32.2. The fraction of sp³-hybridized carbons (Fsp3) is 0.600. The van der Waals surface area contributed by atoms with E-state index in [4.69, 9.17) is 0 Å². The first-order valence-electron chi connectivity index (χ1n) is 12.5. The maximum Gasteiger partial charge on any atom is 0.119 e. The zero-order chi connectivity index (χ0) is 25.1. The number of benzene rings is 2. The summed E-state index contributed by atoms with van der Waals surface area (Å²) < 4.78 is 0. The number of hydrogen-bond donors (Lipinski definition) is 2. The molecule has 2 N–H and O–H groups in total. The van der Waals surface area contributed by atoms with Gasteiger partial charge in [-0.3, -0.25) is 0 Å². The molecule has 1 atom stereocenters. The molecule has 0 aromatic heterocycles. The van der Waals surface area contributed by atoms with Crippen LogP contribution in [0.15, 0.2) is 24.3 Å². The van der Waals surface area contributed by atoms with Gasteiger partial charge in [-0.1, -0.05) is 73.9 Å². The first-order valence-corrected chi connectivity index (χ1v) is 13.5. The first kappa shape index (κ1) is 27.6. The molecular formula is C30H46O2S. The molecule has 2 rings (SSSR count). The van der Waals surface area contributed by atoms with E-state index >= 15 is 0 Å². The summed E-state index contributed by atoms with van der Waals surface area (Å²) in [4.78, 5) is 0. The zero-order valence-corrected chi connectivity index (χ0v) is 23.4. The van der Waals surface area contributed by atoms with Gasteiger partial charge in [-0.2, -0.15) is 11.8 Å². The second-order valence-electron chi connectivity index (χ2n) is 11.8. The number of hydrogen-bond acceptors (Lipinski definition) is 3. The molecule has 0 saturated carbocycles. The van der Waals surface area contributed by atoms with Crippen molar-refractivity contribution in [2.75, 3.05) is 5.75 Å². The minimum Gasteiger partial charge on any atom is -0.508 e. The lowest BCUT2D eigenvalue weighted by molar-refractivity contribution is 0.445. The lowest BCUT2D eigenvalue weighted by Gasteiger charge is -2.30. The SMILES string of the molecule is CCCCSC(C)CC(c1cc(C(C)(C)C)c(O)cc1C)c1cc(C(C)(C)C)c(O)cc1C. The Bertz CT molecular complexity index is 878. The summed E-state index contributed by atoms with van der Waals surface area (Å²) in [6.45, 7) is 21.8. The van der Waals surface area contributed by atoms with E-state index in [1.165, 1.54) is 29.7 Å². The summed E-state index contributed by atoms with van der Waals surface area (Å²) in [6.07, 6.45) is 3.50. The molecule has 2 aromatic rings. The molecular weight excluding hydrogens is 424 g/mol. The van der Waals surface area contributed by atoms with Crippen molar-refractivity contribution < 1.29 is 10.2 Å². The highest BCUT2D eigenvalue weighted by Crippen LogP contribution is 2.43. The average Bonchev–Trinajstić information content (AvgIpc) is 2.65. The highest BCUT2D eigenvalue weighted by molar-refractivity contribution is 7.99. The summed E-state index contributed by atoms with van der Waals surface area (Å²) in [5.41, 5.74) is 6.53. The molecule has 3 heteroatoms. The summed E-state index contributed by atoms with van der Waals surface area (Å²) in [6, 6.07) is 8.36. The third kappa shape index (κ3) is 6.94. The van der Waals surface area contributed by atoms with Crippen LogP contribution in [0.3, 0.4) is 0 Å². The van der Waals surface area contributed by atoms with Crippen molar-refractivity contribution >= 4 is 11.8 Å². The summed E-state index contributed by atoms with van der Waals surface area (Å²) in [5, 5.41) is 22.0. The summed E-state index contributed by atoms with van der Waals surface area (Å²) >= 11 is 2.06. The van der Waals surface area contributed by atoms with Gasteiger partial charge in [0.2, 0.25) is 0 Å². The Balaban J connectivity index is 2.69. The standard InChI is InChI=1S/C30H46O2S/c1-11-12-13-33-21(4)16-24(22-17-25(29(5,6)7)27(31)14-19(22)2)23-18-26(30(8,9)10)28(32)15-20(23)3/h14-15,17-18,21,24,31-32H,11-13,16H2,1-10H3. The molecule has 0 spiro atoms. The van der Waals surface area contributed by atoms with Crippen LogP contribution in [0.25, 0.3) is 0 Å². The topological polar surface area (TPSA) is 40.5 Å². The van der Waals surface area contributed by atoms with Crippen molar-refractivity contribution in [2.45, 2.75) is 110 Å². The van der Waals surface area contributed by atoms with Crippen molar-refractivity contribution in [1.29, 1.82) is 0 Å². The van der Waals surface area contributed by atoms with Crippen molar-refractivity contribution in [3.8, 4) is 11.5 Å². The van der Waals surface area contributed by atoms with Crippen molar-refractivity contribution in [1.82, 2.24) is 0 Å². The fourth-order valence-corrected chi connectivity index (χ4v) is 5.81. The number of aryl methyl sites for hydroxylation is 2. The van der Waals surface area contributed by atoms with E-state index in [-0.39, 0.29) is 16.7 Å². The van der Waals surface area contributed by atoms with Crippen LogP contribution in [0.4, 0.5) is 0 Å². The molecule has 0 heterocycles. The Morgan fingerprint density at radius 3 is 1.58 bits per heavy atom. The van der Waals surface area contributed by atoms with Crippen LogP contribution in [0, 0.1) is 13.8 Å². The molecule has 0 aliphatic carbocycles. The van der Waals surface area contributed by atoms with E-state index in [2.05, 4.69) is 93.1 Å². The summed E-state index contributed by atoms with van der Waals surface area (Å²) in [5.74, 6) is 2.16. The van der Waals surface area contributed by atoms with Gasteiger partial charge in [-0.25, -0.2) is 0 Å². The molecule has 33 heavy (non-hydrogen) atoms. The van der Waals surface area contributed by atoms with E-state index in [1.807, 2.05) is 12.1 Å². The maximum atomic E-state index is 10.7. The normalized spacial score (nSPS) is 13.5. The minimum atomic E-state index is -0.140. The van der Waals surface area contributed by atoms with Gasteiger partial charge < -0.3 is 10.2 Å². The number of unbranched alkanes of at least 4 members (excludes halogenated alkanes) is 1. The smallest absolute Gasteiger partial charge is 0.119 e. The molecule has 2 nitrogen and oxygen atoms in total. The molecule has 0 radical (unpaired) electrons. The Morgan fingerprint density at radius 1 is 0.788 bits per heavy atom. The lowest BCUT2D eigenvalue weighted by atomic mass is 9.76. The molecule has 0 saturated heterocycles. The third-order valence-corrected chi connectivity index (χ3v) is 7.89. The lowest BCUT2D eigenvalue weighted by Crippen LogP contribution is -2.17. The van der Waals surface area contributed by atoms with Crippen LogP contribution in [0.1, 0.15) is 114 Å². The average molecular weight is 471 g/mol. The van der Waals surface area contributed by atoms with Crippen LogP contribution in [0.2, 0.25) is 0 Å². The van der Waals surface area contributed by atoms with Gasteiger partial charge in [-0.05, 0) is 88.8 Å². The van der Waals surface area contributed by atoms with Crippen LogP contribution < -0.4 is 0 Å². The second kappa shape index (κ2) is 10.8. The molecule has 0 bridgehead atoms. The van der Waals surface area contributed by atoms with Crippen LogP contribution in [0.5, 0.6) is 11.5 Å². The fourth-order valence-electron chi connectivity index (χ4n) is 4.62. The van der Waals surface area contributed by atoms with E-state index in [0.717, 1.165) is 28.7 Å². The number of aromatic hydroxyl groups is 2. The van der Waals surface area contributed by atoms with Gasteiger partial charge >= 0.3 is 0 Å². The van der Waals surface area contributed by atoms with Crippen LogP contribution in [-0.4, -0.2) is 21.2 Å². The van der Waals surface area contributed by atoms with Crippen molar-refractivity contribution in [2.24, 2.45) is 0 Å². The van der Waals surface area contributed by atoms with Gasteiger partial charge in [0.25, 0.3) is 0 Å². The quantitative estimate of drug-likeness (QED) is 0.379. The molecule has 0 aliphatic rings. The van der Waals surface area contributed by atoms with E-state index < -0.39 is 0 Å². The summed E-state index contributed by atoms with van der Waals surface area (Å²) in [7, 11) is 0. The number of phenols is 2. The van der Waals surface area contributed by atoms with Crippen LogP contribution >= 0.6 is 11.8 Å². The van der Waals surface area contributed by atoms with E-state index in [1.54, 1.807) is 0 Å². The predicted molar refractivity (Wildman–Crippen MR) is 146 cm³/mol. The Hall–Kier alpha value is -1.61. The molecule has 0 aliphatic heterocycles. The van der Waals surface area contributed by atoms with Gasteiger partial charge in [-0.15, -0.1) is 0 Å². The second-order valence-corrected chi connectivity index (χ2v) is 13.3. The van der Waals surface area contributed by atoms with E-state index in [0.29, 0.717) is 16.7 Å². The van der Waals surface area contributed by atoms with Crippen LogP contribution in [-0.2, 0) is 10.8 Å². The van der Waals surface area contributed by atoms with Gasteiger partial charge in [0, 0.05) is 11.2 Å². The Labute approximate surface area is 207 Å². The van der Waals surface area contributed by atoms with Gasteiger partial charge in [0.15, 0.2) is 0 Å². The maximum absolute atomic E-state index is 10.7. The van der Waals surface area contributed by atoms with E-state index in [9.17, 15) is 10.2 Å².